The number of hydrogen-bond donors (Lipinski definition) is 1. The van der Waals surface area contributed by atoms with Gasteiger partial charge in [0.2, 0.25) is 0 Å². The third kappa shape index (κ3) is 6.65. The Kier molecular flexibility index (Phi) is 10.7. The van der Waals surface area contributed by atoms with Gasteiger partial charge in [-0.2, -0.15) is 0 Å². The summed E-state index contributed by atoms with van der Waals surface area (Å²) in [4.78, 5) is 16.2. The van der Waals surface area contributed by atoms with E-state index >= 15 is 0 Å². The molecule has 8 heteroatoms. The fraction of sp³-hybridized carbons (Fsp3) is 0.321. The molecule has 1 fully saturated rings. The molecule has 36 heavy (non-hydrogen) atoms. The van der Waals surface area contributed by atoms with E-state index in [9.17, 15) is 15.2 Å². The van der Waals surface area contributed by atoms with Crippen molar-refractivity contribution in [2.45, 2.75) is 51.0 Å². The van der Waals surface area contributed by atoms with Gasteiger partial charge in [0, 0.05) is 34.9 Å². The van der Waals surface area contributed by atoms with Gasteiger partial charge in [-0.05, 0) is 36.8 Å². The van der Waals surface area contributed by atoms with Crippen LogP contribution in [0, 0.1) is 16.0 Å². The summed E-state index contributed by atoms with van der Waals surface area (Å²) in [6.07, 6.45) is 6.12. The summed E-state index contributed by atoms with van der Waals surface area (Å²) in [5.41, 5.74) is 1.91. The number of hydrogen-bond acceptors (Lipinski definition) is 4. The van der Waals surface area contributed by atoms with Crippen molar-refractivity contribution in [2.24, 2.45) is 10.9 Å². The van der Waals surface area contributed by atoms with Crippen molar-refractivity contribution in [3.63, 3.8) is 0 Å². The van der Waals surface area contributed by atoms with Crippen LogP contribution < -0.4 is 0 Å². The van der Waals surface area contributed by atoms with Crippen molar-refractivity contribution in [3.05, 3.63) is 105 Å². The van der Waals surface area contributed by atoms with Gasteiger partial charge < -0.3 is 5.11 Å². The molecule has 1 saturated carbocycles. The second-order valence-electron chi connectivity index (χ2n) is 9.22. The van der Waals surface area contributed by atoms with Gasteiger partial charge in [-0.3, -0.25) is 15.1 Å². The first-order valence-corrected chi connectivity index (χ1v) is 18.3. The van der Waals surface area contributed by atoms with E-state index in [1.54, 1.807) is 6.21 Å². The maximum absolute atomic E-state index is 11.9. The van der Waals surface area contributed by atoms with Crippen LogP contribution in [0.1, 0.15) is 61.8 Å². The number of rotatable bonds is 6. The molecule has 0 saturated heterocycles. The summed E-state index contributed by atoms with van der Waals surface area (Å²) < 4.78 is 0. The molecule has 1 aliphatic carbocycles. The summed E-state index contributed by atoms with van der Waals surface area (Å²) in [5.74, 6) is 0.497. The van der Waals surface area contributed by atoms with E-state index in [0.717, 1.165) is 30.4 Å². The first-order valence-electron chi connectivity index (χ1n) is 11.9. The maximum atomic E-state index is 11.9. The third-order valence-electron chi connectivity index (χ3n) is 7.05. The fourth-order valence-corrected chi connectivity index (χ4v) is 4.94. The Hall–Kier alpha value is -2.01. The average Bonchev–Trinajstić information content (AvgIpc) is 2.90. The SMILES string of the molecule is CC1CCCCC1N=Cc1cc([N+](=O)[O-])cc(C(C)(c2ccccc2)c2ccccc2)c1O.[Cl][Zr][Cl]. The Morgan fingerprint density at radius 2 is 1.56 bits per heavy atom. The summed E-state index contributed by atoms with van der Waals surface area (Å²) in [6.45, 7) is 4.20. The Morgan fingerprint density at radius 3 is 2.06 bits per heavy atom. The van der Waals surface area contributed by atoms with Crippen LogP contribution in [0.25, 0.3) is 0 Å². The second kappa shape index (κ2) is 13.5. The van der Waals surface area contributed by atoms with E-state index < -0.39 is 31.2 Å². The van der Waals surface area contributed by atoms with Gasteiger partial charge in [0.05, 0.1) is 11.0 Å². The van der Waals surface area contributed by atoms with Gasteiger partial charge in [-0.1, -0.05) is 80.4 Å². The summed E-state index contributed by atoms with van der Waals surface area (Å²) in [7, 11) is 9.87. The number of phenolic OH excluding ortho intramolecular Hbond substituents is 1. The van der Waals surface area contributed by atoms with Crippen molar-refractivity contribution in [1.82, 2.24) is 0 Å². The standard InChI is InChI=1S/C28H30N2O3.2ClH.Zr/c1-20-11-9-10-16-26(20)29-19-21-17-24(30(32)33)18-25(27(21)31)28(2,22-12-5-3-6-13-22)23-14-7-4-8-15-23;;;/h3-8,12-15,17-20,26,31H,9-11,16H2,1-2H3;2*1H;/q;;;+2/p-2. The minimum absolute atomic E-state index is 0.0306. The Labute approximate surface area is 231 Å². The number of nitro benzene ring substituents is 1. The van der Waals surface area contributed by atoms with Crippen molar-refractivity contribution in [3.8, 4) is 5.75 Å². The molecule has 0 aromatic heterocycles. The van der Waals surface area contributed by atoms with Crippen LogP contribution >= 0.6 is 17.0 Å². The molecule has 0 aliphatic heterocycles. The number of nitrogens with zero attached hydrogens (tertiary/aromatic N) is 2. The fourth-order valence-electron chi connectivity index (χ4n) is 4.94. The normalized spacial score (nSPS) is 17.8. The van der Waals surface area contributed by atoms with E-state index in [1.165, 1.54) is 18.6 Å². The summed E-state index contributed by atoms with van der Waals surface area (Å²) in [5, 5.41) is 23.3. The quantitative estimate of drug-likeness (QED) is 0.134. The monoisotopic (exact) mass is 602 g/mol. The number of nitro groups is 1. The van der Waals surface area contributed by atoms with E-state index in [-0.39, 0.29) is 17.5 Å². The molecule has 0 heterocycles. The number of aliphatic imine (C=N–C) groups is 1. The summed E-state index contributed by atoms with van der Waals surface area (Å²) >= 11 is -0.826. The van der Waals surface area contributed by atoms with Crippen LogP contribution in [-0.4, -0.2) is 22.3 Å². The van der Waals surface area contributed by atoms with Crippen molar-refractivity contribution >= 4 is 28.9 Å². The molecule has 4 rings (SSSR count). The van der Waals surface area contributed by atoms with Crippen LogP contribution in [0.15, 0.2) is 77.8 Å². The van der Waals surface area contributed by atoms with Crippen LogP contribution in [0.5, 0.6) is 5.75 Å². The number of benzene rings is 3. The van der Waals surface area contributed by atoms with E-state index in [2.05, 4.69) is 6.92 Å². The van der Waals surface area contributed by atoms with Gasteiger partial charge in [0.25, 0.3) is 5.69 Å². The van der Waals surface area contributed by atoms with Crippen LogP contribution in [0.2, 0.25) is 0 Å². The molecule has 0 radical (unpaired) electrons. The molecular formula is C28H30Cl2N2O3Zr. The van der Waals surface area contributed by atoms with Gasteiger partial charge >= 0.3 is 37.9 Å². The molecule has 3 aromatic carbocycles. The number of aromatic hydroxyl groups is 1. The molecular weight excluding hydrogens is 574 g/mol. The number of non-ortho nitro benzene ring substituents is 1. The van der Waals surface area contributed by atoms with Gasteiger partial charge in [-0.25, -0.2) is 0 Å². The molecule has 3 aromatic rings. The third-order valence-corrected chi connectivity index (χ3v) is 7.05. The summed E-state index contributed by atoms with van der Waals surface area (Å²) in [6, 6.07) is 22.7. The van der Waals surface area contributed by atoms with E-state index in [0.29, 0.717) is 17.0 Å². The molecule has 5 nitrogen and oxygen atoms in total. The minimum atomic E-state index is -0.826. The van der Waals surface area contributed by atoms with Gasteiger partial charge in [0.15, 0.2) is 0 Å². The number of phenols is 1. The molecule has 1 N–H and O–H groups in total. The molecule has 1 aliphatic rings. The molecule has 0 amide bonds. The Morgan fingerprint density at radius 1 is 1.03 bits per heavy atom. The zero-order valence-electron chi connectivity index (χ0n) is 20.4. The van der Waals surface area contributed by atoms with Crippen LogP contribution in [0.3, 0.4) is 0 Å². The van der Waals surface area contributed by atoms with Crippen molar-refractivity contribution < 1.29 is 30.9 Å². The van der Waals surface area contributed by atoms with Crippen LogP contribution in [-0.2, 0) is 26.3 Å². The van der Waals surface area contributed by atoms with Crippen molar-refractivity contribution in [1.29, 1.82) is 0 Å². The first kappa shape index (κ1) is 28.6. The zero-order valence-corrected chi connectivity index (χ0v) is 24.4. The molecule has 0 spiro atoms. The molecule has 2 atom stereocenters. The second-order valence-corrected chi connectivity index (χ2v) is 13.0. The van der Waals surface area contributed by atoms with Crippen LogP contribution in [0.4, 0.5) is 5.69 Å². The van der Waals surface area contributed by atoms with E-state index in [4.69, 9.17) is 22.0 Å². The molecule has 188 valence electrons. The van der Waals surface area contributed by atoms with Gasteiger partial charge in [-0.15, -0.1) is 0 Å². The number of halogens is 2. The average molecular weight is 605 g/mol. The zero-order chi connectivity index (χ0) is 26.1. The van der Waals surface area contributed by atoms with E-state index in [1.807, 2.05) is 67.6 Å². The topological polar surface area (TPSA) is 75.7 Å². The van der Waals surface area contributed by atoms with Gasteiger partial charge in [0.1, 0.15) is 5.75 Å². The molecule has 0 bridgehead atoms. The Balaban J connectivity index is 0.00000115. The predicted octanol–water partition coefficient (Wildman–Crippen LogP) is 8.03. The molecule has 2 unspecified atom stereocenters. The first-order chi connectivity index (χ1) is 17.3. The van der Waals surface area contributed by atoms with Crippen molar-refractivity contribution in [2.75, 3.05) is 0 Å². The Bertz CT molecular complexity index is 1140. The predicted molar refractivity (Wildman–Crippen MR) is 144 cm³/mol.